The summed E-state index contributed by atoms with van der Waals surface area (Å²) in [7, 11) is 0. The van der Waals surface area contributed by atoms with Crippen molar-refractivity contribution in [3.05, 3.63) is 0 Å². The van der Waals surface area contributed by atoms with E-state index in [9.17, 15) is 5.11 Å². The highest BCUT2D eigenvalue weighted by atomic mass is 16.3. The molecule has 0 spiro atoms. The quantitative estimate of drug-likeness (QED) is 0.455. The van der Waals surface area contributed by atoms with Crippen molar-refractivity contribution in [3.8, 4) is 0 Å². The van der Waals surface area contributed by atoms with E-state index >= 15 is 0 Å². The minimum Gasteiger partial charge on any atom is -0.393 e. The average Bonchev–Trinajstić information content (AvgIpc) is 2.08. The van der Waals surface area contributed by atoms with Gasteiger partial charge in [-0.2, -0.15) is 0 Å². The maximum atomic E-state index is 9.57. The van der Waals surface area contributed by atoms with Gasteiger partial charge in [0.05, 0.1) is 11.9 Å². The Balaban J connectivity index is 2.41. The van der Waals surface area contributed by atoms with Gasteiger partial charge in [-0.15, -0.1) is 0 Å². The normalized spacial score (nSPS) is 31.4. The summed E-state index contributed by atoms with van der Waals surface area (Å²) in [6.07, 6.45) is 1.31. The van der Waals surface area contributed by atoms with Crippen LogP contribution in [0.25, 0.3) is 0 Å². The maximum Gasteiger partial charge on any atom is 0.0920 e. The number of aliphatic hydroxyl groups excluding tert-OH is 1. The van der Waals surface area contributed by atoms with Crippen molar-refractivity contribution in [2.24, 2.45) is 11.7 Å². The first kappa shape index (κ1) is 11.5. The lowest BCUT2D eigenvalue weighted by molar-refractivity contribution is 0.0214. The average molecular weight is 199 g/mol. The summed E-state index contributed by atoms with van der Waals surface area (Å²) in [6, 6.07) is 0.322. The molecule has 0 aromatic rings. The molecular formula is C10H21N3O. The number of hydrogen-bond acceptors (Lipinski definition) is 3. The molecular weight excluding hydrogens is 178 g/mol. The fourth-order valence-corrected chi connectivity index (χ4v) is 2.01. The Morgan fingerprint density at radius 1 is 1.71 bits per heavy atom. The Hall–Kier alpha value is -0.610. The monoisotopic (exact) mass is 199 g/mol. The number of nitrogens with one attached hydrogen (secondary N) is 1. The summed E-state index contributed by atoms with van der Waals surface area (Å²) in [5.41, 5.74) is 5.37. The smallest absolute Gasteiger partial charge is 0.0920 e. The van der Waals surface area contributed by atoms with Gasteiger partial charge in [0.15, 0.2) is 0 Å². The minimum atomic E-state index is -0.157. The highest BCUT2D eigenvalue weighted by Gasteiger charge is 2.26. The van der Waals surface area contributed by atoms with Gasteiger partial charge in [-0.3, -0.25) is 10.3 Å². The topological polar surface area (TPSA) is 73.3 Å². The van der Waals surface area contributed by atoms with E-state index < -0.39 is 0 Å². The van der Waals surface area contributed by atoms with Gasteiger partial charge in [0, 0.05) is 25.6 Å². The van der Waals surface area contributed by atoms with Gasteiger partial charge in [-0.1, -0.05) is 6.92 Å². The summed E-state index contributed by atoms with van der Waals surface area (Å²) >= 11 is 0. The number of amidine groups is 1. The molecule has 1 aliphatic heterocycles. The highest BCUT2D eigenvalue weighted by molar-refractivity contribution is 5.77. The molecule has 14 heavy (non-hydrogen) atoms. The molecule has 1 fully saturated rings. The summed E-state index contributed by atoms with van der Waals surface area (Å²) in [5, 5.41) is 16.8. The zero-order chi connectivity index (χ0) is 10.7. The molecule has 1 saturated heterocycles. The molecule has 0 amide bonds. The third-order valence-electron chi connectivity index (χ3n) is 3.03. The molecule has 82 valence electrons. The van der Waals surface area contributed by atoms with Crippen LogP contribution in [0.2, 0.25) is 0 Å². The molecule has 0 bridgehead atoms. The fraction of sp³-hybridized carbons (Fsp3) is 0.900. The maximum absolute atomic E-state index is 9.57. The van der Waals surface area contributed by atoms with Crippen molar-refractivity contribution in [1.82, 2.24) is 4.90 Å². The number of aliphatic hydroxyl groups is 1. The third-order valence-corrected chi connectivity index (χ3v) is 3.03. The van der Waals surface area contributed by atoms with Crippen LogP contribution in [0.3, 0.4) is 0 Å². The van der Waals surface area contributed by atoms with E-state index in [4.69, 9.17) is 11.1 Å². The second-order valence-corrected chi connectivity index (χ2v) is 4.41. The molecule has 0 saturated carbocycles. The summed E-state index contributed by atoms with van der Waals surface area (Å²) in [6.45, 7) is 5.98. The van der Waals surface area contributed by atoms with E-state index in [1.165, 1.54) is 0 Å². The van der Waals surface area contributed by atoms with Gasteiger partial charge in [0.2, 0.25) is 0 Å². The van der Waals surface area contributed by atoms with Crippen LogP contribution >= 0.6 is 0 Å². The summed E-state index contributed by atoms with van der Waals surface area (Å²) < 4.78 is 0. The first-order valence-electron chi connectivity index (χ1n) is 5.25. The van der Waals surface area contributed by atoms with Crippen molar-refractivity contribution in [1.29, 1.82) is 5.41 Å². The van der Waals surface area contributed by atoms with Crippen LogP contribution in [0, 0.1) is 11.3 Å². The third kappa shape index (κ3) is 2.96. The van der Waals surface area contributed by atoms with E-state index in [0.717, 1.165) is 19.5 Å². The van der Waals surface area contributed by atoms with Gasteiger partial charge in [-0.05, 0) is 19.3 Å². The summed E-state index contributed by atoms with van der Waals surface area (Å²) in [5.74, 6) is 0.578. The number of nitrogens with two attached hydrogens (primary N) is 1. The van der Waals surface area contributed by atoms with Gasteiger partial charge in [0.25, 0.3) is 0 Å². The van der Waals surface area contributed by atoms with Gasteiger partial charge < -0.3 is 10.8 Å². The second kappa shape index (κ2) is 4.75. The molecule has 1 aliphatic rings. The lowest BCUT2D eigenvalue weighted by atomic mass is 9.95. The lowest BCUT2D eigenvalue weighted by Gasteiger charge is -2.38. The number of likely N-dealkylation sites (tertiary alicyclic amines) is 1. The van der Waals surface area contributed by atoms with E-state index in [0.29, 0.717) is 18.4 Å². The van der Waals surface area contributed by atoms with Crippen molar-refractivity contribution in [2.75, 3.05) is 13.1 Å². The SMILES string of the molecule is CC1CN(C(C)CC(=N)N)CCC1O. The first-order chi connectivity index (χ1) is 6.50. The lowest BCUT2D eigenvalue weighted by Crippen LogP contribution is -2.47. The molecule has 3 atom stereocenters. The van der Waals surface area contributed by atoms with Gasteiger partial charge in [-0.25, -0.2) is 0 Å². The predicted molar refractivity (Wildman–Crippen MR) is 57.4 cm³/mol. The molecule has 4 heteroatoms. The minimum absolute atomic E-state index is 0.157. The molecule has 0 aliphatic carbocycles. The predicted octanol–water partition coefficient (Wildman–Crippen LogP) is 0.404. The Kier molecular flexibility index (Phi) is 3.89. The standard InChI is InChI=1S/C10H21N3O/c1-7-6-13(4-3-9(7)14)8(2)5-10(11)12/h7-9,14H,3-6H2,1-2H3,(H3,11,12). The number of nitrogens with zero attached hydrogens (tertiary/aromatic N) is 1. The molecule has 4 nitrogen and oxygen atoms in total. The number of piperidine rings is 1. The molecule has 1 heterocycles. The van der Waals surface area contributed by atoms with Crippen LogP contribution in [0.1, 0.15) is 26.7 Å². The van der Waals surface area contributed by atoms with Crippen LogP contribution in [0.5, 0.6) is 0 Å². The second-order valence-electron chi connectivity index (χ2n) is 4.41. The largest absolute Gasteiger partial charge is 0.393 e. The molecule has 0 radical (unpaired) electrons. The van der Waals surface area contributed by atoms with E-state index in [2.05, 4.69) is 18.7 Å². The number of hydrogen-bond donors (Lipinski definition) is 3. The van der Waals surface area contributed by atoms with Crippen LogP contribution in [0.15, 0.2) is 0 Å². The molecule has 0 aromatic carbocycles. The Bertz CT molecular complexity index is 208. The zero-order valence-electron chi connectivity index (χ0n) is 9.03. The van der Waals surface area contributed by atoms with E-state index in [-0.39, 0.29) is 11.9 Å². The Labute approximate surface area is 85.6 Å². The van der Waals surface area contributed by atoms with Crippen molar-refractivity contribution in [3.63, 3.8) is 0 Å². The van der Waals surface area contributed by atoms with Crippen LogP contribution < -0.4 is 5.73 Å². The Morgan fingerprint density at radius 2 is 2.36 bits per heavy atom. The fourth-order valence-electron chi connectivity index (χ4n) is 2.01. The first-order valence-corrected chi connectivity index (χ1v) is 5.25. The zero-order valence-corrected chi connectivity index (χ0v) is 9.03. The van der Waals surface area contributed by atoms with E-state index in [1.807, 2.05) is 0 Å². The molecule has 4 N–H and O–H groups in total. The highest BCUT2D eigenvalue weighted by Crippen LogP contribution is 2.19. The van der Waals surface area contributed by atoms with E-state index in [1.54, 1.807) is 0 Å². The number of rotatable bonds is 3. The van der Waals surface area contributed by atoms with Crippen LogP contribution in [0.4, 0.5) is 0 Å². The van der Waals surface area contributed by atoms with Crippen LogP contribution in [-0.4, -0.2) is 41.1 Å². The molecule has 3 unspecified atom stereocenters. The van der Waals surface area contributed by atoms with Crippen molar-refractivity contribution in [2.45, 2.75) is 38.8 Å². The van der Waals surface area contributed by atoms with Crippen molar-refractivity contribution >= 4 is 5.84 Å². The molecule has 0 aromatic heterocycles. The molecule has 1 rings (SSSR count). The summed E-state index contributed by atoms with van der Waals surface area (Å²) in [4.78, 5) is 2.30. The van der Waals surface area contributed by atoms with Crippen molar-refractivity contribution < 1.29 is 5.11 Å². The van der Waals surface area contributed by atoms with Gasteiger partial charge in [0.1, 0.15) is 0 Å². The van der Waals surface area contributed by atoms with Crippen LogP contribution in [-0.2, 0) is 0 Å². The Morgan fingerprint density at radius 3 is 2.86 bits per heavy atom. The van der Waals surface area contributed by atoms with Gasteiger partial charge >= 0.3 is 0 Å².